The molecule has 0 spiro atoms. The van der Waals surface area contributed by atoms with Gasteiger partial charge in [-0.3, -0.25) is 9.39 Å². The number of hydrogen-bond donors (Lipinski definition) is 0. The number of rotatable bonds is 1. The van der Waals surface area contributed by atoms with E-state index in [2.05, 4.69) is 12.1 Å². The van der Waals surface area contributed by atoms with Crippen LogP contribution >= 0.6 is 0 Å². The van der Waals surface area contributed by atoms with Gasteiger partial charge in [0.05, 0.1) is 10.9 Å². The number of aromatic nitrogens is 2. The normalized spacial score (nSPS) is 11.9. The molecule has 3 aromatic carbocycles. The first-order chi connectivity index (χ1) is 11.4. The summed E-state index contributed by atoms with van der Waals surface area (Å²) < 4.78 is 3.83. The second-order valence-electron chi connectivity index (χ2n) is 5.67. The molecule has 5 heteroatoms. The van der Waals surface area contributed by atoms with E-state index in [1.165, 1.54) is 0 Å². The molecule has 0 aliphatic carbocycles. The average molecular weight is 383 g/mol. The Hall–Kier alpha value is -1.90. The number of nitrogens with zero attached hydrogens (tertiary/aromatic N) is 2. The Bertz CT molecular complexity index is 1100. The van der Waals surface area contributed by atoms with Crippen LogP contribution in [0.1, 0.15) is 0 Å². The summed E-state index contributed by atoms with van der Waals surface area (Å²) in [6, 6.07) is 28.0. The number of fused-ring (bicyclic) bond motifs is 5. The van der Waals surface area contributed by atoms with Gasteiger partial charge in [-0.2, -0.15) is 54.0 Å². The van der Waals surface area contributed by atoms with Crippen molar-refractivity contribution in [1.82, 2.24) is 9.27 Å². The predicted octanol–water partition coefficient (Wildman–Crippen LogP) is 1.36. The summed E-state index contributed by atoms with van der Waals surface area (Å²) >= 11 is 0. The fourth-order valence-corrected chi connectivity index (χ4v) is 3.48. The molecule has 3 nitrogen and oxygen atoms in total. The zero-order valence-electron chi connectivity index (χ0n) is 12.8. The van der Waals surface area contributed by atoms with Crippen molar-refractivity contribution in [3.63, 3.8) is 0 Å². The smallest absolute Gasteiger partial charge is 0.302 e. The van der Waals surface area contributed by atoms with Crippen molar-refractivity contribution in [2.24, 2.45) is 0 Å². The van der Waals surface area contributed by atoms with Crippen LogP contribution in [-0.4, -0.2) is 16.1 Å². The molecule has 1 aliphatic rings. The molecule has 0 saturated carbocycles. The van der Waals surface area contributed by atoms with E-state index >= 15 is 0 Å². The summed E-state index contributed by atoms with van der Waals surface area (Å²) in [6.07, 6.45) is 0. The predicted molar refractivity (Wildman–Crippen MR) is 92.1 cm³/mol. The first-order valence-electron chi connectivity index (χ1n) is 7.56. The van der Waals surface area contributed by atoms with Gasteiger partial charge >= 0.3 is 6.85 Å². The molecule has 0 fully saturated rings. The summed E-state index contributed by atoms with van der Waals surface area (Å²) in [4.78, 5) is 13.0. The van der Waals surface area contributed by atoms with Crippen molar-refractivity contribution in [2.45, 2.75) is 0 Å². The minimum Gasteiger partial charge on any atom is -0.316 e. The van der Waals surface area contributed by atoms with Crippen molar-refractivity contribution in [3.8, 4) is 5.69 Å². The van der Waals surface area contributed by atoms with E-state index in [0.29, 0.717) is 0 Å². The monoisotopic (exact) mass is 383 g/mol. The molecule has 2 heterocycles. The maximum atomic E-state index is 13.0. The van der Waals surface area contributed by atoms with Gasteiger partial charge in [-0.1, -0.05) is 17.8 Å². The zero-order valence-corrected chi connectivity index (χ0v) is 15.6. The van der Waals surface area contributed by atoms with Gasteiger partial charge in [0.1, 0.15) is 0 Å². The molecule has 24 heavy (non-hydrogen) atoms. The van der Waals surface area contributed by atoms with Crippen LogP contribution in [-0.2, 0) is 32.7 Å². The van der Waals surface area contributed by atoms with Crippen molar-refractivity contribution >= 4 is 28.7 Å². The molecule has 111 valence electrons. The molecule has 5 rings (SSSR count). The van der Waals surface area contributed by atoms with E-state index in [4.69, 9.17) is 0 Å². The van der Waals surface area contributed by atoms with Crippen LogP contribution in [0, 0.1) is 12.1 Å². The number of benzene rings is 3. The van der Waals surface area contributed by atoms with Crippen molar-refractivity contribution in [3.05, 3.63) is 89.2 Å². The summed E-state index contributed by atoms with van der Waals surface area (Å²) in [5, 5.41) is 0.739. The quantitative estimate of drug-likeness (QED) is 0.317. The summed E-state index contributed by atoms with van der Waals surface area (Å²) in [5.41, 5.74) is 3.94. The van der Waals surface area contributed by atoms with Crippen LogP contribution < -0.4 is 16.5 Å². The van der Waals surface area contributed by atoms with E-state index in [1.807, 2.05) is 76.0 Å². The Morgan fingerprint density at radius 1 is 0.875 bits per heavy atom. The summed E-state index contributed by atoms with van der Waals surface area (Å²) in [7, 11) is 0. The first-order valence-corrected chi connectivity index (χ1v) is 7.56. The summed E-state index contributed by atoms with van der Waals surface area (Å²) in [5.74, 6) is 0. The van der Waals surface area contributed by atoms with E-state index in [1.54, 1.807) is 0 Å². The number of para-hydroxylation sites is 1. The zero-order chi connectivity index (χ0) is 15.4. The Balaban J connectivity index is 0.00000146. The molecule has 4 aromatic rings. The van der Waals surface area contributed by atoms with Gasteiger partial charge in [0, 0.05) is 32.7 Å². The molecule has 0 saturated heterocycles. The SMILES string of the molecule is O=c1c2ccccc2n2n1B(c1[c-]cccc1)c1[c-]cccc1-2.[Y]. The van der Waals surface area contributed by atoms with Crippen LogP contribution in [0.4, 0.5) is 0 Å². The third kappa shape index (κ3) is 2.03. The van der Waals surface area contributed by atoms with Crippen LogP contribution in [0.3, 0.4) is 0 Å². The van der Waals surface area contributed by atoms with Gasteiger partial charge in [-0.15, -0.1) is 11.5 Å². The van der Waals surface area contributed by atoms with Gasteiger partial charge < -0.3 is 4.68 Å². The molecule has 1 radical (unpaired) electrons. The fraction of sp³-hybridized carbons (Fsp3) is 0. The topological polar surface area (TPSA) is 26.9 Å². The molecule has 0 atom stereocenters. The minimum atomic E-state index is -0.188. The van der Waals surface area contributed by atoms with E-state index in [9.17, 15) is 4.79 Å². The molecule has 0 N–H and O–H groups in total. The van der Waals surface area contributed by atoms with Gasteiger partial charge in [0.25, 0.3) is 5.56 Å². The van der Waals surface area contributed by atoms with Crippen molar-refractivity contribution in [1.29, 1.82) is 0 Å². The second-order valence-corrected chi connectivity index (χ2v) is 5.67. The Morgan fingerprint density at radius 2 is 1.67 bits per heavy atom. The van der Waals surface area contributed by atoms with E-state index in [-0.39, 0.29) is 45.1 Å². The molecular weight excluding hydrogens is 372 g/mol. The molecule has 1 aromatic heterocycles. The van der Waals surface area contributed by atoms with Gasteiger partial charge in [-0.05, 0) is 12.1 Å². The van der Waals surface area contributed by atoms with Crippen LogP contribution in [0.25, 0.3) is 16.6 Å². The molecule has 0 amide bonds. The first kappa shape index (κ1) is 15.6. The molecular formula is C19H11BN2OY-2. The van der Waals surface area contributed by atoms with Gasteiger partial charge in [0.15, 0.2) is 0 Å². The van der Waals surface area contributed by atoms with E-state index in [0.717, 1.165) is 27.5 Å². The minimum absolute atomic E-state index is 0. The standard InChI is InChI=1S/C19H11BN2O.Y/c23-19-15-10-4-6-12-17(15)21-18-13-7-5-11-16(18)20(22(19)21)14-8-2-1-3-9-14;/h1-8,10,12-13H;/q-2;. The van der Waals surface area contributed by atoms with Crippen LogP contribution in [0.5, 0.6) is 0 Å². The van der Waals surface area contributed by atoms with Crippen LogP contribution in [0.2, 0.25) is 0 Å². The molecule has 0 unspecified atom stereocenters. The maximum Gasteiger partial charge on any atom is 0.302 e. The number of hydrogen-bond acceptors (Lipinski definition) is 1. The Morgan fingerprint density at radius 3 is 2.50 bits per heavy atom. The van der Waals surface area contributed by atoms with E-state index < -0.39 is 0 Å². The van der Waals surface area contributed by atoms with Gasteiger partial charge in [-0.25, -0.2) is 0 Å². The third-order valence-corrected chi connectivity index (χ3v) is 4.43. The third-order valence-electron chi connectivity index (χ3n) is 4.43. The maximum absolute atomic E-state index is 13.0. The van der Waals surface area contributed by atoms with Gasteiger partial charge in [0.2, 0.25) is 0 Å². The fourth-order valence-electron chi connectivity index (χ4n) is 3.48. The van der Waals surface area contributed by atoms with Crippen LogP contribution in [0.15, 0.2) is 71.5 Å². The molecule has 0 bridgehead atoms. The largest absolute Gasteiger partial charge is 0.316 e. The molecule has 1 aliphatic heterocycles. The van der Waals surface area contributed by atoms with Crippen molar-refractivity contribution in [2.75, 3.05) is 0 Å². The second kappa shape index (κ2) is 5.87. The Labute approximate surface area is 164 Å². The average Bonchev–Trinajstić information content (AvgIpc) is 3.10. The summed E-state index contributed by atoms with van der Waals surface area (Å²) in [6.45, 7) is -0.188. The Kier molecular flexibility index (Phi) is 3.82. The van der Waals surface area contributed by atoms with Crippen molar-refractivity contribution < 1.29 is 32.7 Å².